The van der Waals surface area contributed by atoms with Crippen molar-refractivity contribution in [2.24, 2.45) is 0 Å². The molecule has 4 rings (SSSR count). The molecular formula is C15H12N4OS. The highest BCUT2D eigenvalue weighted by Gasteiger charge is 2.29. The summed E-state index contributed by atoms with van der Waals surface area (Å²) in [4.78, 5) is 5.38. The Morgan fingerprint density at radius 2 is 2.19 bits per heavy atom. The lowest BCUT2D eigenvalue weighted by Gasteiger charge is -2.05. The molecule has 104 valence electrons. The minimum atomic E-state index is 0.470. The minimum absolute atomic E-state index is 0.470. The number of hydrogen-bond acceptors (Lipinski definition) is 5. The standard InChI is InChI=1S/C15H12N4OS/c1-20-12-5-3-2-4-10(12)13-11(8-16)19-15(17-13)21-14(18-19)9-6-7-9/h2-5,9H,6-7H2,1H3. The molecule has 0 N–H and O–H groups in total. The predicted octanol–water partition coefficient (Wildman–Crippen LogP) is 3.22. The fourth-order valence-electron chi connectivity index (χ4n) is 2.39. The Morgan fingerprint density at radius 1 is 1.38 bits per heavy atom. The van der Waals surface area contributed by atoms with Crippen molar-refractivity contribution in [1.82, 2.24) is 14.6 Å². The van der Waals surface area contributed by atoms with E-state index in [4.69, 9.17) is 4.74 Å². The molecule has 1 aliphatic carbocycles. The Hall–Kier alpha value is -2.39. The van der Waals surface area contributed by atoms with Gasteiger partial charge >= 0.3 is 0 Å². The van der Waals surface area contributed by atoms with E-state index in [0.29, 0.717) is 23.1 Å². The number of para-hydroxylation sites is 1. The first-order valence-corrected chi connectivity index (χ1v) is 7.56. The fourth-order valence-corrected chi connectivity index (χ4v) is 3.45. The second kappa shape index (κ2) is 4.57. The van der Waals surface area contributed by atoms with E-state index < -0.39 is 0 Å². The molecule has 21 heavy (non-hydrogen) atoms. The minimum Gasteiger partial charge on any atom is -0.496 e. The van der Waals surface area contributed by atoms with Crippen molar-refractivity contribution in [3.8, 4) is 23.1 Å². The maximum absolute atomic E-state index is 9.51. The van der Waals surface area contributed by atoms with Crippen LogP contribution in [0.4, 0.5) is 0 Å². The van der Waals surface area contributed by atoms with Gasteiger partial charge in [0.25, 0.3) is 0 Å². The van der Waals surface area contributed by atoms with Gasteiger partial charge in [0.15, 0.2) is 5.69 Å². The van der Waals surface area contributed by atoms with Crippen LogP contribution in [-0.2, 0) is 0 Å². The third-order valence-electron chi connectivity index (χ3n) is 3.61. The summed E-state index contributed by atoms with van der Waals surface area (Å²) in [6, 6.07) is 9.82. The average molecular weight is 296 g/mol. The number of ether oxygens (including phenoxy) is 1. The quantitative estimate of drug-likeness (QED) is 0.744. The van der Waals surface area contributed by atoms with Gasteiger partial charge in [-0.3, -0.25) is 0 Å². The predicted molar refractivity (Wildman–Crippen MR) is 79.5 cm³/mol. The van der Waals surface area contributed by atoms with Crippen LogP contribution in [0.15, 0.2) is 24.3 Å². The molecule has 1 aromatic carbocycles. The summed E-state index contributed by atoms with van der Waals surface area (Å²) in [6.07, 6.45) is 2.38. The van der Waals surface area contributed by atoms with E-state index in [1.54, 1.807) is 23.0 Å². The molecule has 0 spiro atoms. The zero-order valence-electron chi connectivity index (χ0n) is 11.4. The summed E-state index contributed by atoms with van der Waals surface area (Å²) in [7, 11) is 1.62. The van der Waals surface area contributed by atoms with Crippen LogP contribution in [0.25, 0.3) is 16.2 Å². The number of nitriles is 1. The van der Waals surface area contributed by atoms with Gasteiger partial charge in [-0.05, 0) is 25.0 Å². The number of nitrogens with zero attached hydrogens (tertiary/aromatic N) is 4. The Kier molecular flexibility index (Phi) is 2.69. The molecule has 0 unspecified atom stereocenters. The first-order valence-electron chi connectivity index (χ1n) is 6.74. The van der Waals surface area contributed by atoms with Gasteiger partial charge < -0.3 is 4.74 Å². The van der Waals surface area contributed by atoms with E-state index in [9.17, 15) is 5.26 Å². The molecule has 0 atom stereocenters. The second-order valence-electron chi connectivity index (χ2n) is 5.03. The van der Waals surface area contributed by atoms with Gasteiger partial charge in [-0.25, -0.2) is 4.98 Å². The van der Waals surface area contributed by atoms with Crippen LogP contribution in [0.1, 0.15) is 29.5 Å². The zero-order valence-corrected chi connectivity index (χ0v) is 12.2. The molecule has 5 nitrogen and oxygen atoms in total. The third-order valence-corrected chi connectivity index (χ3v) is 4.68. The Morgan fingerprint density at radius 3 is 2.90 bits per heavy atom. The molecule has 2 aromatic heterocycles. The van der Waals surface area contributed by atoms with Crippen LogP contribution in [0.5, 0.6) is 5.75 Å². The van der Waals surface area contributed by atoms with Gasteiger partial charge in [-0.1, -0.05) is 23.5 Å². The molecule has 0 saturated heterocycles. The lowest BCUT2D eigenvalue weighted by atomic mass is 10.1. The summed E-state index contributed by atoms with van der Waals surface area (Å²) in [5.41, 5.74) is 1.93. The highest BCUT2D eigenvalue weighted by Crippen LogP contribution is 2.42. The number of fused-ring (bicyclic) bond motifs is 1. The summed E-state index contributed by atoms with van der Waals surface area (Å²) >= 11 is 1.58. The molecule has 0 amide bonds. The van der Waals surface area contributed by atoms with Crippen LogP contribution in [-0.4, -0.2) is 21.7 Å². The van der Waals surface area contributed by atoms with Crippen molar-refractivity contribution in [3.05, 3.63) is 35.0 Å². The lowest BCUT2D eigenvalue weighted by Crippen LogP contribution is -1.93. The van der Waals surface area contributed by atoms with Gasteiger partial charge in [0, 0.05) is 11.5 Å². The highest BCUT2D eigenvalue weighted by atomic mass is 32.1. The van der Waals surface area contributed by atoms with Crippen molar-refractivity contribution >= 4 is 16.3 Å². The molecule has 1 fully saturated rings. The van der Waals surface area contributed by atoms with Crippen LogP contribution >= 0.6 is 11.3 Å². The van der Waals surface area contributed by atoms with Crippen LogP contribution in [0.3, 0.4) is 0 Å². The molecule has 2 heterocycles. The summed E-state index contributed by atoms with van der Waals surface area (Å²) in [6.45, 7) is 0. The van der Waals surface area contributed by atoms with Crippen LogP contribution in [0, 0.1) is 11.3 Å². The van der Waals surface area contributed by atoms with Gasteiger partial charge in [-0.2, -0.15) is 14.9 Å². The maximum Gasteiger partial charge on any atom is 0.214 e. The monoisotopic (exact) mass is 296 g/mol. The molecule has 0 bridgehead atoms. The van der Waals surface area contributed by atoms with Crippen molar-refractivity contribution in [2.75, 3.05) is 7.11 Å². The molecule has 6 heteroatoms. The molecule has 0 radical (unpaired) electrons. The molecule has 0 aliphatic heterocycles. The first kappa shape index (κ1) is 12.4. The normalized spacial score (nSPS) is 14.3. The Labute approximate surface area is 125 Å². The fraction of sp³-hybridized carbons (Fsp3) is 0.267. The number of benzene rings is 1. The second-order valence-corrected chi connectivity index (χ2v) is 6.02. The van der Waals surface area contributed by atoms with E-state index in [2.05, 4.69) is 16.2 Å². The van der Waals surface area contributed by atoms with Crippen molar-refractivity contribution in [2.45, 2.75) is 18.8 Å². The van der Waals surface area contributed by atoms with E-state index in [-0.39, 0.29) is 0 Å². The lowest BCUT2D eigenvalue weighted by molar-refractivity contribution is 0.416. The third kappa shape index (κ3) is 1.89. The largest absolute Gasteiger partial charge is 0.496 e. The Bertz CT molecular complexity index is 870. The smallest absolute Gasteiger partial charge is 0.214 e. The molecular weight excluding hydrogens is 284 g/mol. The van der Waals surface area contributed by atoms with Gasteiger partial charge in [0.1, 0.15) is 22.5 Å². The van der Waals surface area contributed by atoms with Gasteiger partial charge in [-0.15, -0.1) is 0 Å². The number of imidazole rings is 1. The highest BCUT2D eigenvalue weighted by molar-refractivity contribution is 7.16. The van der Waals surface area contributed by atoms with E-state index >= 15 is 0 Å². The van der Waals surface area contributed by atoms with E-state index in [1.165, 1.54) is 12.8 Å². The molecule has 3 aromatic rings. The van der Waals surface area contributed by atoms with E-state index in [1.807, 2.05) is 24.3 Å². The number of rotatable bonds is 3. The zero-order chi connectivity index (χ0) is 14.4. The number of methoxy groups -OCH3 is 1. The van der Waals surface area contributed by atoms with E-state index in [0.717, 1.165) is 15.5 Å². The summed E-state index contributed by atoms with van der Waals surface area (Å²) in [5.74, 6) is 1.28. The maximum atomic E-state index is 9.51. The van der Waals surface area contributed by atoms with Crippen molar-refractivity contribution in [1.29, 1.82) is 5.26 Å². The average Bonchev–Trinajstić information content (AvgIpc) is 3.20. The SMILES string of the molecule is COc1ccccc1-c1nc2sc(C3CC3)nn2c1C#N. The van der Waals surface area contributed by atoms with Gasteiger partial charge in [0.2, 0.25) is 4.96 Å². The molecule has 1 aliphatic rings. The van der Waals surface area contributed by atoms with Crippen LogP contribution in [0.2, 0.25) is 0 Å². The molecule has 1 saturated carbocycles. The number of aromatic nitrogens is 3. The topological polar surface area (TPSA) is 63.2 Å². The summed E-state index contributed by atoms with van der Waals surface area (Å²) in [5, 5.41) is 15.1. The Balaban J connectivity index is 1.92. The summed E-state index contributed by atoms with van der Waals surface area (Å²) < 4.78 is 7.03. The first-order chi connectivity index (χ1) is 10.3. The van der Waals surface area contributed by atoms with Crippen molar-refractivity contribution < 1.29 is 4.74 Å². The van der Waals surface area contributed by atoms with Gasteiger partial charge in [0.05, 0.1) is 7.11 Å². The van der Waals surface area contributed by atoms with Crippen LogP contribution < -0.4 is 4.74 Å². The van der Waals surface area contributed by atoms with Crippen molar-refractivity contribution in [3.63, 3.8) is 0 Å². The number of hydrogen-bond donors (Lipinski definition) is 0.